The van der Waals surface area contributed by atoms with Crippen LogP contribution >= 0.6 is 15.6 Å². The quantitative estimate of drug-likeness (QED) is 0.0222. The summed E-state index contributed by atoms with van der Waals surface area (Å²) in [6, 6.07) is 0. The second kappa shape index (κ2) is 65.7. The summed E-state index contributed by atoms with van der Waals surface area (Å²) < 4.78 is 68.5. The fourth-order valence-electron chi connectivity index (χ4n) is 11.4. The zero-order valence-electron chi connectivity index (χ0n) is 61.4. The van der Waals surface area contributed by atoms with Crippen molar-refractivity contribution in [1.82, 2.24) is 0 Å². The van der Waals surface area contributed by atoms with E-state index in [0.29, 0.717) is 25.7 Å². The van der Waals surface area contributed by atoms with Gasteiger partial charge in [-0.2, -0.15) is 0 Å². The molecule has 0 aromatic rings. The van der Waals surface area contributed by atoms with Crippen molar-refractivity contribution in [3.05, 3.63) is 0 Å². The fourth-order valence-corrected chi connectivity index (χ4v) is 13.0. The maximum absolute atomic E-state index is 13.1. The average molecular weight is 1380 g/mol. The maximum atomic E-state index is 13.1. The summed E-state index contributed by atoms with van der Waals surface area (Å²) in [6.07, 6.45) is 51.1. The molecule has 0 aliphatic heterocycles. The van der Waals surface area contributed by atoms with Gasteiger partial charge in [0.05, 0.1) is 26.4 Å². The van der Waals surface area contributed by atoms with Crippen LogP contribution in [0, 0.1) is 17.8 Å². The first kappa shape index (κ1) is 92.1. The number of unbranched alkanes of at least 4 members (excludes halogenated alkanes) is 40. The molecule has 0 saturated heterocycles. The van der Waals surface area contributed by atoms with Gasteiger partial charge in [0.15, 0.2) is 12.2 Å². The third-order valence-electron chi connectivity index (χ3n) is 17.7. The average Bonchev–Trinajstić information content (AvgIpc) is 1.30. The lowest BCUT2D eigenvalue weighted by Crippen LogP contribution is -2.30. The van der Waals surface area contributed by atoms with Gasteiger partial charge in [0.2, 0.25) is 0 Å². The summed E-state index contributed by atoms with van der Waals surface area (Å²) in [5.74, 6) is 0.205. The molecule has 0 rings (SSSR count). The molecule has 0 aliphatic rings. The smallest absolute Gasteiger partial charge is 0.462 e. The normalized spacial score (nSPS) is 14.4. The van der Waals surface area contributed by atoms with E-state index in [1.807, 2.05) is 0 Å². The Balaban J connectivity index is 5.27. The second-order valence-electron chi connectivity index (χ2n) is 28.2. The number of phosphoric ester groups is 2. The van der Waals surface area contributed by atoms with Gasteiger partial charge in [-0.1, -0.05) is 331 Å². The molecule has 0 aliphatic carbocycles. The minimum Gasteiger partial charge on any atom is -0.462 e. The lowest BCUT2D eigenvalue weighted by atomic mass is 9.99. The molecule has 3 unspecified atom stereocenters. The standard InChI is InChI=1S/C75H146O17P2/c1-8-10-11-12-13-14-15-17-21-28-37-44-51-58-74(79)92-71(63-86-73(78)57-50-43-36-31-30-34-41-48-55-68(7)9-2)65-90-94(83,84)88-61-69(76)60-87-93(81,82)89-64-70(62-85-72(77)56-49-42-35-27-24-23-26-33-40-47-54-67(5)6)91-75(80)59-52-45-38-29-22-19-16-18-20-25-32-39-46-53-66(3)4/h66-71,76H,8-65H2,1-7H3,(H,81,82)(H,83,84)/t68?,69-,70-,71-/m1/s1. The van der Waals surface area contributed by atoms with Crippen LogP contribution in [-0.2, 0) is 65.4 Å². The molecule has 0 bridgehead atoms. The molecule has 19 heteroatoms. The van der Waals surface area contributed by atoms with Crippen LogP contribution in [0.3, 0.4) is 0 Å². The van der Waals surface area contributed by atoms with Crippen molar-refractivity contribution < 1.29 is 80.2 Å². The molecule has 3 N–H and O–H groups in total. The Labute approximate surface area is 575 Å². The molecule has 0 aromatic carbocycles. The van der Waals surface area contributed by atoms with Crippen LogP contribution in [-0.4, -0.2) is 96.7 Å². The van der Waals surface area contributed by atoms with Crippen molar-refractivity contribution in [2.45, 2.75) is 401 Å². The largest absolute Gasteiger partial charge is 0.472 e. The minimum atomic E-state index is -4.96. The lowest BCUT2D eigenvalue weighted by Gasteiger charge is -2.21. The predicted molar refractivity (Wildman–Crippen MR) is 381 cm³/mol. The van der Waals surface area contributed by atoms with Crippen LogP contribution in [0.15, 0.2) is 0 Å². The number of rotatable bonds is 73. The van der Waals surface area contributed by atoms with Crippen LogP contribution < -0.4 is 0 Å². The highest BCUT2D eigenvalue weighted by Crippen LogP contribution is 2.45. The molecule has 17 nitrogen and oxygen atoms in total. The van der Waals surface area contributed by atoms with Gasteiger partial charge >= 0.3 is 39.5 Å². The van der Waals surface area contributed by atoms with Gasteiger partial charge in [0.25, 0.3) is 0 Å². The Morgan fingerprint density at radius 1 is 0.309 bits per heavy atom. The van der Waals surface area contributed by atoms with E-state index in [4.69, 9.17) is 37.0 Å². The van der Waals surface area contributed by atoms with Gasteiger partial charge in [-0.15, -0.1) is 0 Å². The molecular weight excluding hydrogens is 1230 g/mol. The monoisotopic (exact) mass is 1380 g/mol. The van der Waals surface area contributed by atoms with Gasteiger partial charge in [0, 0.05) is 25.7 Å². The zero-order valence-corrected chi connectivity index (χ0v) is 63.2. The van der Waals surface area contributed by atoms with E-state index in [2.05, 4.69) is 48.5 Å². The third kappa shape index (κ3) is 67.3. The topological polar surface area (TPSA) is 237 Å². The van der Waals surface area contributed by atoms with Gasteiger partial charge < -0.3 is 33.8 Å². The van der Waals surface area contributed by atoms with Crippen molar-refractivity contribution in [3.8, 4) is 0 Å². The van der Waals surface area contributed by atoms with Crippen molar-refractivity contribution in [3.63, 3.8) is 0 Å². The van der Waals surface area contributed by atoms with Crippen LogP contribution in [0.25, 0.3) is 0 Å². The minimum absolute atomic E-state index is 0.107. The van der Waals surface area contributed by atoms with Crippen LogP contribution in [0.4, 0.5) is 0 Å². The number of aliphatic hydroxyl groups excluding tert-OH is 1. The first-order valence-corrected chi connectivity index (χ1v) is 41.9. The molecule has 558 valence electrons. The highest BCUT2D eigenvalue weighted by molar-refractivity contribution is 7.47. The molecule has 0 radical (unpaired) electrons. The van der Waals surface area contributed by atoms with Crippen molar-refractivity contribution in [2.24, 2.45) is 17.8 Å². The Kier molecular flexibility index (Phi) is 64.3. The lowest BCUT2D eigenvalue weighted by molar-refractivity contribution is -0.161. The molecule has 0 saturated carbocycles. The Morgan fingerprint density at radius 3 is 0.809 bits per heavy atom. The van der Waals surface area contributed by atoms with Gasteiger partial charge in [-0.05, 0) is 43.4 Å². The van der Waals surface area contributed by atoms with Crippen LogP contribution in [0.1, 0.15) is 382 Å². The van der Waals surface area contributed by atoms with Gasteiger partial charge in [-0.25, -0.2) is 9.13 Å². The first-order chi connectivity index (χ1) is 45.3. The van der Waals surface area contributed by atoms with E-state index in [1.54, 1.807) is 0 Å². The molecule has 0 spiro atoms. The number of esters is 4. The van der Waals surface area contributed by atoms with E-state index in [1.165, 1.54) is 193 Å². The highest BCUT2D eigenvalue weighted by Gasteiger charge is 2.30. The number of carbonyl (C=O) groups excluding carboxylic acids is 4. The SMILES string of the molecule is CCCCCCCCCCCCCCCC(=O)O[C@H](COC(=O)CCCCCCCCCCC(C)CC)COP(=O)(O)OC[C@H](O)COP(=O)(O)OC[C@@H](COC(=O)CCCCCCCCCCCCC(C)C)OC(=O)CCCCCCCCCCCCCCCC(C)C. The molecule has 6 atom stereocenters. The number of phosphoric acid groups is 2. The summed E-state index contributed by atoms with van der Waals surface area (Å²) in [4.78, 5) is 72.8. The highest BCUT2D eigenvalue weighted by atomic mass is 31.2. The summed E-state index contributed by atoms with van der Waals surface area (Å²) in [7, 11) is -9.91. The number of aliphatic hydroxyl groups is 1. The predicted octanol–water partition coefficient (Wildman–Crippen LogP) is 21.8. The molecule has 0 amide bonds. The van der Waals surface area contributed by atoms with Crippen molar-refractivity contribution in [1.29, 1.82) is 0 Å². The molecule has 0 fully saturated rings. The fraction of sp³-hybridized carbons (Fsp3) is 0.947. The summed E-state index contributed by atoms with van der Waals surface area (Å²) >= 11 is 0. The van der Waals surface area contributed by atoms with Crippen LogP contribution in [0.2, 0.25) is 0 Å². The maximum Gasteiger partial charge on any atom is 0.472 e. The Bertz CT molecular complexity index is 1840. The van der Waals surface area contributed by atoms with E-state index in [9.17, 15) is 43.2 Å². The van der Waals surface area contributed by atoms with Gasteiger partial charge in [0.1, 0.15) is 19.3 Å². The molecule has 0 heterocycles. The Morgan fingerprint density at radius 2 is 0.543 bits per heavy atom. The number of carbonyl (C=O) groups is 4. The zero-order chi connectivity index (χ0) is 69.4. The molecule has 0 aromatic heterocycles. The second-order valence-corrected chi connectivity index (χ2v) is 31.1. The third-order valence-corrected chi connectivity index (χ3v) is 19.6. The van der Waals surface area contributed by atoms with E-state index in [-0.39, 0.29) is 25.7 Å². The Hall–Kier alpha value is -1.94. The summed E-state index contributed by atoms with van der Waals surface area (Å²) in [6.45, 7) is 11.9. The molecule has 94 heavy (non-hydrogen) atoms. The van der Waals surface area contributed by atoms with Crippen molar-refractivity contribution in [2.75, 3.05) is 39.6 Å². The van der Waals surface area contributed by atoms with Crippen LogP contribution in [0.5, 0.6) is 0 Å². The van der Waals surface area contributed by atoms with E-state index in [0.717, 1.165) is 108 Å². The first-order valence-electron chi connectivity index (χ1n) is 38.9. The van der Waals surface area contributed by atoms with E-state index < -0.39 is 97.5 Å². The molecular formula is C75H146O17P2. The van der Waals surface area contributed by atoms with E-state index >= 15 is 0 Å². The van der Waals surface area contributed by atoms with Gasteiger partial charge in [-0.3, -0.25) is 37.3 Å². The van der Waals surface area contributed by atoms with Crippen molar-refractivity contribution >= 4 is 39.5 Å². The summed E-state index contributed by atoms with van der Waals surface area (Å²) in [5.41, 5.74) is 0. The number of hydrogen-bond donors (Lipinski definition) is 3. The number of hydrogen-bond acceptors (Lipinski definition) is 15. The summed E-state index contributed by atoms with van der Waals surface area (Å²) in [5, 5.41) is 10.6. The number of ether oxygens (including phenoxy) is 4.